The minimum Gasteiger partial charge on any atom is -0.480 e. The number of thiazole rings is 1. The fraction of sp³-hybridized carbons (Fsp3) is 0.286. The molecule has 2 aromatic rings. The minimum atomic E-state index is -3.28. The lowest BCUT2D eigenvalue weighted by Crippen LogP contribution is -2.11. The molecule has 0 aliphatic heterocycles. The number of aromatic nitrogens is 5. The van der Waals surface area contributed by atoms with E-state index < -0.39 is 15.8 Å². The molecule has 9 nitrogen and oxygen atoms in total. The van der Waals surface area contributed by atoms with Crippen molar-refractivity contribution in [2.75, 3.05) is 6.26 Å². The Morgan fingerprint density at radius 3 is 2.89 bits per heavy atom. The molecule has 0 unspecified atom stereocenters. The van der Waals surface area contributed by atoms with Crippen LogP contribution in [0.15, 0.2) is 19.9 Å². The highest BCUT2D eigenvalue weighted by molar-refractivity contribution is 8.01. The van der Waals surface area contributed by atoms with Gasteiger partial charge in [-0.05, 0) is 17.0 Å². The molecule has 2 heterocycles. The molecule has 0 atom stereocenters. The third-order valence-corrected chi connectivity index (χ3v) is 5.43. The van der Waals surface area contributed by atoms with Crippen LogP contribution in [0.5, 0.6) is 0 Å². The second-order valence-corrected chi connectivity index (χ2v) is 7.80. The summed E-state index contributed by atoms with van der Waals surface area (Å²) < 4.78 is 23.1. The molecule has 1 N–H and O–H groups in total. The zero-order valence-electron chi connectivity index (χ0n) is 9.42. The highest BCUT2D eigenvalue weighted by Gasteiger charge is 2.15. The maximum absolute atomic E-state index is 11.3. The monoisotopic (exact) mass is 321 g/mol. The van der Waals surface area contributed by atoms with E-state index in [-0.39, 0.29) is 15.9 Å². The molecule has 0 fully saturated rings. The number of aliphatic carboxylic acids is 1. The molecule has 0 saturated carbocycles. The number of carbonyl (C=O) groups is 1. The first-order valence-corrected chi connectivity index (χ1v) is 8.20. The van der Waals surface area contributed by atoms with Crippen molar-refractivity contribution in [3.05, 3.63) is 6.20 Å². The number of hydrogen-bond donors (Lipinski definition) is 1. The summed E-state index contributed by atoms with van der Waals surface area (Å²) in [5, 5.41) is 19.7. The molecule has 0 saturated heterocycles. The summed E-state index contributed by atoms with van der Waals surface area (Å²) in [6, 6.07) is 0. The predicted molar refractivity (Wildman–Crippen MR) is 64.8 cm³/mol. The lowest BCUT2D eigenvalue weighted by atomic mass is 10.7. The van der Waals surface area contributed by atoms with Gasteiger partial charge >= 0.3 is 5.97 Å². The van der Waals surface area contributed by atoms with Crippen LogP contribution in [0.4, 0.5) is 0 Å². The Kier molecular flexibility index (Phi) is 3.82. The van der Waals surface area contributed by atoms with Gasteiger partial charge < -0.3 is 5.11 Å². The number of carboxylic acid groups (broad SMARTS) is 1. The Hall–Kier alpha value is -1.53. The van der Waals surface area contributed by atoms with Gasteiger partial charge in [-0.3, -0.25) is 4.79 Å². The molecule has 0 aromatic carbocycles. The lowest BCUT2D eigenvalue weighted by Gasteiger charge is -1.90. The van der Waals surface area contributed by atoms with Crippen LogP contribution in [0.1, 0.15) is 0 Å². The molecule has 102 valence electrons. The Balaban J connectivity index is 2.11. The number of carboxylic acids is 1. The van der Waals surface area contributed by atoms with Crippen LogP contribution in [-0.4, -0.2) is 50.9 Å². The Labute approximate surface area is 115 Å². The molecule has 0 amide bonds. The summed E-state index contributed by atoms with van der Waals surface area (Å²) in [5.41, 5.74) is 0. The van der Waals surface area contributed by atoms with E-state index in [1.54, 1.807) is 0 Å². The van der Waals surface area contributed by atoms with E-state index in [0.717, 1.165) is 34.2 Å². The number of hydrogen-bond acceptors (Lipinski definition) is 9. The Morgan fingerprint density at radius 2 is 2.32 bits per heavy atom. The molecule has 2 aromatic heterocycles. The predicted octanol–water partition coefficient (Wildman–Crippen LogP) is -0.231. The number of rotatable bonds is 5. The Morgan fingerprint density at radius 1 is 1.58 bits per heavy atom. The van der Waals surface area contributed by atoms with Gasteiger partial charge in [-0.2, -0.15) is 4.80 Å². The van der Waals surface area contributed by atoms with E-state index in [0.29, 0.717) is 4.34 Å². The standard InChI is InChI=1S/C7H7N5O4S3/c1-19(15,16)5-2-8-7(17-5)18-6-9-11-12(10-6)3-4(13)14/h2H,3H2,1H3,(H,13,14). The zero-order chi connectivity index (χ0) is 14.0. The van der Waals surface area contributed by atoms with Crippen molar-refractivity contribution in [2.45, 2.75) is 20.3 Å². The van der Waals surface area contributed by atoms with E-state index >= 15 is 0 Å². The maximum Gasteiger partial charge on any atom is 0.327 e. The summed E-state index contributed by atoms with van der Waals surface area (Å²) >= 11 is 2.01. The van der Waals surface area contributed by atoms with Crippen LogP contribution in [0.25, 0.3) is 0 Å². The minimum absolute atomic E-state index is 0.146. The maximum atomic E-state index is 11.3. The largest absolute Gasteiger partial charge is 0.480 e. The SMILES string of the molecule is CS(=O)(=O)c1cnc(Sc2nnn(CC(=O)O)n2)s1. The second kappa shape index (κ2) is 5.22. The van der Waals surface area contributed by atoms with Crippen molar-refractivity contribution in [3.63, 3.8) is 0 Å². The molecular formula is C7H7N5O4S3. The fourth-order valence-electron chi connectivity index (χ4n) is 0.998. The third-order valence-electron chi connectivity index (χ3n) is 1.72. The number of nitrogens with zero attached hydrogens (tertiary/aromatic N) is 5. The van der Waals surface area contributed by atoms with Crippen molar-refractivity contribution in [2.24, 2.45) is 0 Å². The normalized spacial score (nSPS) is 11.6. The van der Waals surface area contributed by atoms with Gasteiger partial charge in [0.15, 0.2) is 20.7 Å². The molecule has 2 rings (SSSR count). The van der Waals surface area contributed by atoms with Crippen LogP contribution >= 0.6 is 23.1 Å². The Bertz CT molecular complexity index is 706. The third kappa shape index (κ3) is 3.71. The summed E-state index contributed by atoms with van der Waals surface area (Å²) in [7, 11) is -3.28. The molecular weight excluding hydrogens is 314 g/mol. The topological polar surface area (TPSA) is 128 Å². The summed E-state index contributed by atoms with van der Waals surface area (Å²) in [4.78, 5) is 15.3. The van der Waals surface area contributed by atoms with E-state index in [2.05, 4.69) is 20.4 Å². The van der Waals surface area contributed by atoms with Crippen molar-refractivity contribution >= 4 is 38.9 Å². The highest BCUT2D eigenvalue weighted by Crippen LogP contribution is 2.30. The van der Waals surface area contributed by atoms with Gasteiger partial charge in [0.1, 0.15) is 4.21 Å². The lowest BCUT2D eigenvalue weighted by molar-refractivity contribution is -0.138. The van der Waals surface area contributed by atoms with Crippen LogP contribution in [0, 0.1) is 0 Å². The first kappa shape index (κ1) is 13.9. The molecule has 0 aliphatic rings. The van der Waals surface area contributed by atoms with Gasteiger partial charge in [0.25, 0.3) is 0 Å². The van der Waals surface area contributed by atoms with Crippen molar-refractivity contribution in [3.8, 4) is 0 Å². The van der Waals surface area contributed by atoms with Gasteiger partial charge in [0.2, 0.25) is 5.16 Å². The molecule has 19 heavy (non-hydrogen) atoms. The van der Waals surface area contributed by atoms with E-state index in [9.17, 15) is 13.2 Å². The quantitative estimate of drug-likeness (QED) is 0.793. The summed E-state index contributed by atoms with van der Waals surface area (Å²) in [6.07, 6.45) is 2.35. The van der Waals surface area contributed by atoms with Gasteiger partial charge in [-0.15, -0.1) is 10.2 Å². The highest BCUT2D eigenvalue weighted by atomic mass is 32.2. The van der Waals surface area contributed by atoms with Gasteiger partial charge in [0, 0.05) is 6.26 Å². The molecule has 12 heteroatoms. The second-order valence-electron chi connectivity index (χ2n) is 3.32. The van der Waals surface area contributed by atoms with Crippen molar-refractivity contribution < 1.29 is 18.3 Å². The molecule has 0 spiro atoms. The molecule has 0 radical (unpaired) electrons. The molecule has 0 bridgehead atoms. The zero-order valence-corrected chi connectivity index (χ0v) is 11.9. The first-order chi connectivity index (χ1) is 8.84. The van der Waals surface area contributed by atoms with Crippen molar-refractivity contribution in [1.29, 1.82) is 0 Å². The average Bonchev–Trinajstić information content (AvgIpc) is 2.86. The van der Waals surface area contributed by atoms with Crippen LogP contribution in [0.3, 0.4) is 0 Å². The van der Waals surface area contributed by atoms with E-state index in [1.807, 2.05) is 0 Å². The van der Waals surface area contributed by atoms with Crippen LogP contribution in [-0.2, 0) is 21.2 Å². The molecule has 0 aliphatic carbocycles. The average molecular weight is 321 g/mol. The van der Waals surface area contributed by atoms with Gasteiger partial charge in [0.05, 0.1) is 6.20 Å². The smallest absolute Gasteiger partial charge is 0.327 e. The van der Waals surface area contributed by atoms with Gasteiger partial charge in [-0.1, -0.05) is 11.3 Å². The van der Waals surface area contributed by atoms with Crippen molar-refractivity contribution in [1.82, 2.24) is 25.2 Å². The van der Waals surface area contributed by atoms with E-state index in [1.165, 1.54) is 6.20 Å². The van der Waals surface area contributed by atoms with Gasteiger partial charge in [-0.25, -0.2) is 13.4 Å². The van der Waals surface area contributed by atoms with Crippen LogP contribution in [0.2, 0.25) is 0 Å². The first-order valence-electron chi connectivity index (χ1n) is 4.68. The fourth-order valence-corrected chi connectivity index (χ4v) is 3.76. The summed E-state index contributed by atoms with van der Waals surface area (Å²) in [5.74, 6) is -1.08. The number of sulfone groups is 1. The summed E-state index contributed by atoms with van der Waals surface area (Å²) in [6.45, 7) is -0.389. The van der Waals surface area contributed by atoms with Crippen LogP contribution < -0.4 is 0 Å². The number of tetrazole rings is 1. The van der Waals surface area contributed by atoms with E-state index in [4.69, 9.17) is 5.11 Å².